The first-order chi connectivity index (χ1) is 9.65. The summed E-state index contributed by atoms with van der Waals surface area (Å²) in [5, 5.41) is 3.47. The van der Waals surface area contributed by atoms with Crippen LogP contribution in [0, 0.1) is 6.92 Å². The van der Waals surface area contributed by atoms with Crippen LogP contribution in [0.15, 0.2) is 29.0 Å². The molecule has 2 heterocycles. The Hall–Kier alpha value is -1.88. The topological polar surface area (TPSA) is 56.7 Å². The highest BCUT2D eigenvalue weighted by molar-refractivity contribution is 6.20. The highest BCUT2D eigenvalue weighted by atomic mass is 35.5. The highest BCUT2D eigenvalue weighted by Crippen LogP contribution is 2.25. The van der Waals surface area contributed by atoms with Crippen LogP contribution in [0.1, 0.15) is 29.6 Å². The van der Waals surface area contributed by atoms with E-state index >= 15 is 0 Å². The van der Waals surface area contributed by atoms with Crippen LogP contribution in [0.25, 0.3) is 11.0 Å². The number of halogens is 1. The summed E-state index contributed by atoms with van der Waals surface area (Å²) in [4.78, 5) is 8.66. The summed E-state index contributed by atoms with van der Waals surface area (Å²) in [6.45, 7) is 4.71. The molecular formula is C14H15ClN4O. The van der Waals surface area contributed by atoms with Crippen LogP contribution < -0.4 is 0 Å². The van der Waals surface area contributed by atoms with Gasteiger partial charge in [-0.3, -0.25) is 0 Å². The van der Waals surface area contributed by atoms with E-state index in [1.54, 1.807) is 0 Å². The largest absolute Gasteiger partial charge is 0.340 e. The fourth-order valence-electron chi connectivity index (χ4n) is 2.30. The molecule has 0 N–H and O–H groups in total. The van der Waals surface area contributed by atoms with Crippen molar-refractivity contribution in [2.24, 2.45) is 0 Å². The van der Waals surface area contributed by atoms with Gasteiger partial charge in [0.05, 0.1) is 16.4 Å². The van der Waals surface area contributed by atoms with Crippen LogP contribution in [0.4, 0.5) is 0 Å². The SMILES string of the molecule is Cc1ccc2nc(C(C)Cl)n(CCc3ncno3)c2c1. The zero-order valence-corrected chi connectivity index (χ0v) is 12.1. The molecule has 104 valence electrons. The van der Waals surface area contributed by atoms with Crippen LogP contribution in [0.3, 0.4) is 0 Å². The highest BCUT2D eigenvalue weighted by Gasteiger charge is 2.15. The van der Waals surface area contributed by atoms with Crippen LogP contribution in [0.2, 0.25) is 0 Å². The van der Waals surface area contributed by atoms with Gasteiger partial charge < -0.3 is 9.09 Å². The molecule has 1 atom stereocenters. The Morgan fingerprint density at radius 3 is 2.95 bits per heavy atom. The summed E-state index contributed by atoms with van der Waals surface area (Å²) >= 11 is 6.25. The third kappa shape index (κ3) is 2.41. The van der Waals surface area contributed by atoms with Crippen molar-refractivity contribution in [1.82, 2.24) is 19.7 Å². The van der Waals surface area contributed by atoms with Gasteiger partial charge >= 0.3 is 0 Å². The van der Waals surface area contributed by atoms with Crippen molar-refractivity contribution < 1.29 is 4.52 Å². The molecule has 0 aliphatic rings. The number of hydrogen-bond acceptors (Lipinski definition) is 4. The van der Waals surface area contributed by atoms with E-state index in [2.05, 4.69) is 38.7 Å². The molecule has 1 aromatic carbocycles. The van der Waals surface area contributed by atoms with E-state index in [4.69, 9.17) is 16.1 Å². The van der Waals surface area contributed by atoms with E-state index in [1.165, 1.54) is 11.9 Å². The third-order valence-electron chi connectivity index (χ3n) is 3.25. The van der Waals surface area contributed by atoms with Crippen molar-refractivity contribution >= 4 is 22.6 Å². The zero-order valence-electron chi connectivity index (χ0n) is 11.4. The summed E-state index contributed by atoms with van der Waals surface area (Å²) in [6, 6.07) is 6.20. The Labute approximate surface area is 121 Å². The van der Waals surface area contributed by atoms with Gasteiger partial charge in [-0.2, -0.15) is 4.98 Å². The number of rotatable bonds is 4. The van der Waals surface area contributed by atoms with E-state index < -0.39 is 0 Å². The number of nitrogens with zero attached hydrogens (tertiary/aromatic N) is 4. The Kier molecular flexibility index (Phi) is 3.44. The first kappa shape index (κ1) is 13.1. The molecule has 3 aromatic rings. The number of fused-ring (bicyclic) bond motifs is 1. The van der Waals surface area contributed by atoms with Crippen molar-refractivity contribution in [3.8, 4) is 0 Å². The molecule has 0 amide bonds. The second-order valence-corrected chi connectivity index (χ2v) is 5.47. The van der Waals surface area contributed by atoms with Gasteiger partial charge in [0.15, 0.2) is 6.33 Å². The normalized spacial score (nSPS) is 12.9. The Morgan fingerprint density at radius 1 is 1.40 bits per heavy atom. The van der Waals surface area contributed by atoms with E-state index in [-0.39, 0.29) is 5.38 Å². The van der Waals surface area contributed by atoms with E-state index in [0.717, 1.165) is 16.9 Å². The van der Waals surface area contributed by atoms with Crippen molar-refractivity contribution in [3.05, 3.63) is 41.8 Å². The van der Waals surface area contributed by atoms with Crippen LogP contribution >= 0.6 is 11.6 Å². The molecule has 0 fully saturated rings. The second-order valence-electron chi connectivity index (χ2n) is 4.81. The first-order valence-electron chi connectivity index (χ1n) is 6.51. The number of aryl methyl sites for hydroxylation is 3. The number of aromatic nitrogens is 4. The minimum Gasteiger partial charge on any atom is -0.340 e. The third-order valence-corrected chi connectivity index (χ3v) is 3.44. The predicted octanol–water partition coefficient (Wildman–Crippen LogP) is 3.27. The number of hydrogen-bond donors (Lipinski definition) is 0. The lowest BCUT2D eigenvalue weighted by Crippen LogP contribution is -2.07. The Morgan fingerprint density at radius 2 is 2.25 bits per heavy atom. The lowest BCUT2D eigenvalue weighted by atomic mass is 10.2. The van der Waals surface area contributed by atoms with E-state index in [0.29, 0.717) is 18.9 Å². The van der Waals surface area contributed by atoms with Crippen molar-refractivity contribution in [2.45, 2.75) is 32.2 Å². The lowest BCUT2D eigenvalue weighted by Gasteiger charge is -2.09. The van der Waals surface area contributed by atoms with Crippen LogP contribution in [-0.4, -0.2) is 19.7 Å². The molecule has 5 nitrogen and oxygen atoms in total. The molecule has 0 saturated heterocycles. The van der Waals surface area contributed by atoms with Gasteiger partial charge in [0.1, 0.15) is 5.82 Å². The lowest BCUT2D eigenvalue weighted by molar-refractivity contribution is 0.371. The first-order valence-corrected chi connectivity index (χ1v) is 6.95. The van der Waals surface area contributed by atoms with Crippen molar-refractivity contribution in [2.75, 3.05) is 0 Å². The van der Waals surface area contributed by atoms with Gasteiger partial charge in [0.25, 0.3) is 0 Å². The Balaban J connectivity index is 2.01. The molecule has 20 heavy (non-hydrogen) atoms. The number of benzene rings is 1. The zero-order chi connectivity index (χ0) is 14.1. The molecule has 0 aliphatic carbocycles. The quantitative estimate of drug-likeness (QED) is 0.692. The molecule has 0 saturated carbocycles. The molecule has 0 radical (unpaired) electrons. The predicted molar refractivity (Wildman–Crippen MR) is 76.7 cm³/mol. The van der Waals surface area contributed by atoms with E-state index in [9.17, 15) is 0 Å². The van der Waals surface area contributed by atoms with Gasteiger partial charge in [-0.1, -0.05) is 11.2 Å². The van der Waals surface area contributed by atoms with Crippen LogP contribution in [0.5, 0.6) is 0 Å². The monoisotopic (exact) mass is 290 g/mol. The fourth-order valence-corrected chi connectivity index (χ4v) is 2.47. The average molecular weight is 291 g/mol. The summed E-state index contributed by atoms with van der Waals surface area (Å²) in [6.07, 6.45) is 2.08. The van der Waals surface area contributed by atoms with Crippen molar-refractivity contribution in [3.63, 3.8) is 0 Å². The number of alkyl halides is 1. The smallest absolute Gasteiger partial charge is 0.228 e. The van der Waals surface area contributed by atoms with E-state index in [1.807, 2.05) is 13.0 Å². The van der Waals surface area contributed by atoms with Gasteiger partial charge in [0.2, 0.25) is 5.89 Å². The summed E-state index contributed by atoms with van der Waals surface area (Å²) in [5.74, 6) is 1.49. The minimum absolute atomic E-state index is 0.148. The molecule has 0 spiro atoms. The van der Waals surface area contributed by atoms with Crippen LogP contribution in [-0.2, 0) is 13.0 Å². The summed E-state index contributed by atoms with van der Waals surface area (Å²) in [7, 11) is 0. The minimum atomic E-state index is -0.148. The molecule has 2 aromatic heterocycles. The molecule has 3 rings (SSSR count). The summed E-state index contributed by atoms with van der Waals surface area (Å²) in [5.41, 5.74) is 3.25. The standard InChI is InChI=1S/C14H15ClN4O/c1-9-3-4-11-12(7-9)19(14(18-11)10(2)15)6-5-13-16-8-17-20-13/h3-4,7-8,10H,5-6H2,1-2H3. The fraction of sp³-hybridized carbons (Fsp3) is 0.357. The molecule has 0 bridgehead atoms. The van der Waals surface area contributed by atoms with Gasteiger partial charge in [-0.05, 0) is 31.5 Å². The maximum absolute atomic E-state index is 6.25. The average Bonchev–Trinajstić information content (AvgIpc) is 3.03. The molecule has 1 unspecified atom stereocenters. The maximum Gasteiger partial charge on any atom is 0.228 e. The Bertz CT molecular complexity index is 718. The molecule has 0 aliphatic heterocycles. The maximum atomic E-state index is 6.25. The van der Waals surface area contributed by atoms with Gasteiger partial charge in [-0.25, -0.2) is 4.98 Å². The van der Waals surface area contributed by atoms with Gasteiger partial charge in [-0.15, -0.1) is 11.6 Å². The number of imidazole rings is 1. The van der Waals surface area contributed by atoms with Crippen molar-refractivity contribution in [1.29, 1.82) is 0 Å². The molecule has 6 heteroatoms. The summed E-state index contributed by atoms with van der Waals surface area (Å²) < 4.78 is 7.17. The molecular weight excluding hydrogens is 276 g/mol. The second kappa shape index (κ2) is 5.25. The van der Waals surface area contributed by atoms with Gasteiger partial charge in [0, 0.05) is 13.0 Å².